The summed E-state index contributed by atoms with van der Waals surface area (Å²) in [6, 6.07) is 1.93. The summed E-state index contributed by atoms with van der Waals surface area (Å²) >= 11 is 0. The highest BCUT2D eigenvalue weighted by Gasteiger charge is 2.17. The number of carbonyl (C=O) groups is 2. The molecule has 0 radical (unpaired) electrons. The Hall–Kier alpha value is -2.02. The number of benzene rings is 1. The lowest BCUT2D eigenvalue weighted by Gasteiger charge is -2.13. The molecule has 0 saturated carbocycles. The molecule has 1 aromatic rings. The van der Waals surface area contributed by atoms with Gasteiger partial charge in [0.15, 0.2) is 0 Å². The number of carboxylic acid groups (broad SMARTS) is 1. The fraction of sp³-hybridized carbons (Fsp3) is 0.333. The zero-order valence-corrected chi connectivity index (χ0v) is 10.0. The van der Waals surface area contributed by atoms with Crippen LogP contribution in [0.15, 0.2) is 18.2 Å². The van der Waals surface area contributed by atoms with Gasteiger partial charge in [0.2, 0.25) is 5.91 Å². The fourth-order valence-corrected chi connectivity index (χ4v) is 1.55. The number of amides is 1. The van der Waals surface area contributed by atoms with E-state index in [9.17, 15) is 18.4 Å². The molecule has 5 nitrogen and oxygen atoms in total. The first-order valence-electron chi connectivity index (χ1n) is 5.58. The van der Waals surface area contributed by atoms with E-state index in [0.29, 0.717) is 0 Å². The van der Waals surface area contributed by atoms with Gasteiger partial charge < -0.3 is 16.2 Å². The van der Waals surface area contributed by atoms with Crippen LogP contribution in [-0.2, 0) is 16.1 Å². The molecule has 0 unspecified atom stereocenters. The molecule has 4 N–H and O–H groups in total. The van der Waals surface area contributed by atoms with E-state index in [0.717, 1.165) is 18.2 Å². The van der Waals surface area contributed by atoms with Crippen molar-refractivity contribution in [2.75, 3.05) is 0 Å². The predicted molar refractivity (Wildman–Crippen MR) is 63.0 cm³/mol. The molecule has 1 aromatic carbocycles. The second-order valence-corrected chi connectivity index (χ2v) is 4.05. The summed E-state index contributed by atoms with van der Waals surface area (Å²) in [6.45, 7) is -0.0234. The predicted octanol–water partition coefficient (Wildman–Crippen LogP) is 0.773. The average Bonchev–Trinajstić information content (AvgIpc) is 2.26. The van der Waals surface area contributed by atoms with Crippen molar-refractivity contribution >= 4 is 11.9 Å². The van der Waals surface area contributed by atoms with E-state index in [2.05, 4.69) is 5.32 Å². The number of carboxylic acids is 1. The molecular weight excluding hydrogens is 258 g/mol. The Balaban J connectivity index is 2.60. The van der Waals surface area contributed by atoms with Gasteiger partial charge in [0.25, 0.3) is 0 Å². The van der Waals surface area contributed by atoms with E-state index in [1.807, 2.05) is 0 Å². The maximum absolute atomic E-state index is 12.9. The Labute approximate surface area is 108 Å². The SMILES string of the molecule is NC(=O)CC[C@H](NCc1cc(F)cc(F)c1)C(=O)O. The first-order chi connectivity index (χ1) is 8.88. The van der Waals surface area contributed by atoms with Gasteiger partial charge in [-0.05, 0) is 24.1 Å². The van der Waals surface area contributed by atoms with E-state index in [-0.39, 0.29) is 24.9 Å². The van der Waals surface area contributed by atoms with Crippen molar-refractivity contribution in [2.45, 2.75) is 25.4 Å². The standard InChI is InChI=1S/C12H14F2N2O3/c13-8-3-7(4-9(14)5-8)6-16-10(12(18)19)1-2-11(15)17/h3-5,10,16H,1-2,6H2,(H2,15,17)(H,18,19)/t10-/m0/s1. The zero-order chi connectivity index (χ0) is 14.4. The normalized spacial score (nSPS) is 12.1. The number of rotatable bonds is 7. The van der Waals surface area contributed by atoms with Crippen molar-refractivity contribution in [1.29, 1.82) is 0 Å². The molecule has 0 aromatic heterocycles. The maximum atomic E-state index is 12.9. The molecule has 0 heterocycles. The second-order valence-electron chi connectivity index (χ2n) is 4.05. The molecule has 104 valence electrons. The highest BCUT2D eigenvalue weighted by Crippen LogP contribution is 2.08. The average molecular weight is 272 g/mol. The van der Waals surface area contributed by atoms with Gasteiger partial charge in [-0.25, -0.2) is 8.78 Å². The van der Waals surface area contributed by atoms with Crippen molar-refractivity contribution in [3.8, 4) is 0 Å². The van der Waals surface area contributed by atoms with Crippen LogP contribution >= 0.6 is 0 Å². The Morgan fingerprint density at radius 3 is 2.32 bits per heavy atom. The smallest absolute Gasteiger partial charge is 0.320 e. The van der Waals surface area contributed by atoms with Crippen molar-refractivity contribution < 1.29 is 23.5 Å². The van der Waals surface area contributed by atoms with Gasteiger partial charge in [-0.1, -0.05) is 0 Å². The van der Waals surface area contributed by atoms with E-state index in [1.54, 1.807) is 0 Å². The Bertz CT molecular complexity index is 460. The van der Waals surface area contributed by atoms with E-state index in [1.165, 1.54) is 0 Å². The molecule has 0 spiro atoms. The second kappa shape index (κ2) is 6.79. The molecule has 1 atom stereocenters. The van der Waals surface area contributed by atoms with Crippen LogP contribution in [0.4, 0.5) is 8.78 Å². The molecule has 0 aliphatic rings. The van der Waals surface area contributed by atoms with Crippen LogP contribution in [0, 0.1) is 11.6 Å². The molecule has 19 heavy (non-hydrogen) atoms. The Kier molecular flexibility index (Phi) is 5.37. The Morgan fingerprint density at radius 1 is 1.26 bits per heavy atom. The lowest BCUT2D eigenvalue weighted by Crippen LogP contribution is -2.37. The minimum atomic E-state index is -1.15. The number of hydrogen-bond acceptors (Lipinski definition) is 3. The third-order valence-electron chi connectivity index (χ3n) is 2.45. The lowest BCUT2D eigenvalue weighted by molar-refractivity contribution is -0.139. The Morgan fingerprint density at radius 2 is 1.84 bits per heavy atom. The molecule has 0 bridgehead atoms. The monoisotopic (exact) mass is 272 g/mol. The highest BCUT2D eigenvalue weighted by molar-refractivity contribution is 5.77. The first-order valence-corrected chi connectivity index (χ1v) is 5.58. The van der Waals surface area contributed by atoms with Crippen LogP contribution in [0.1, 0.15) is 18.4 Å². The maximum Gasteiger partial charge on any atom is 0.320 e. The minimum absolute atomic E-state index is 0.0163. The number of nitrogens with two attached hydrogens (primary N) is 1. The number of aliphatic carboxylic acids is 1. The summed E-state index contributed by atoms with van der Waals surface area (Å²) in [5, 5.41) is 11.5. The number of nitrogens with one attached hydrogen (secondary N) is 1. The first kappa shape index (κ1) is 15.0. The molecular formula is C12H14F2N2O3. The summed E-state index contributed by atoms with van der Waals surface area (Å²) < 4.78 is 25.8. The molecule has 0 fully saturated rings. The van der Waals surface area contributed by atoms with Crippen LogP contribution in [-0.4, -0.2) is 23.0 Å². The van der Waals surface area contributed by atoms with Crippen LogP contribution < -0.4 is 11.1 Å². The van der Waals surface area contributed by atoms with Crippen LogP contribution in [0.2, 0.25) is 0 Å². The fourth-order valence-electron chi connectivity index (χ4n) is 1.55. The van der Waals surface area contributed by atoms with Crippen molar-refractivity contribution in [3.63, 3.8) is 0 Å². The third-order valence-corrected chi connectivity index (χ3v) is 2.45. The third kappa shape index (κ3) is 5.43. The van der Waals surface area contributed by atoms with Crippen molar-refractivity contribution in [2.24, 2.45) is 5.73 Å². The molecule has 7 heteroatoms. The van der Waals surface area contributed by atoms with Gasteiger partial charge in [-0.15, -0.1) is 0 Å². The number of halogens is 2. The molecule has 0 aliphatic heterocycles. The van der Waals surface area contributed by atoms with Crippen molar-refractivity contribution in [3.05, 3.63) is 35.4 Å². The van der Waals surface area contributed by atoms with Gasteiger partial charge >= 0.3 is 5.97 Å². The minimum Gasteiger partial charge on any atom is -0.480 e. The molecule has 1 rings (SSSR count). The van der Waals surface area contributed by atoms with Gasteiger partial charge in [-0.2, -0.15) is 0 Å². The molecule has 1 amide bonds. The van der Waals surface area contributed by atoms with Gasteiger partial charge in [-0.3, -0.25) is 9.59 Å². The molecule has 0 aliphatic carbocycles. The van der Waals surface area contributed by atoms with Crippen LogP contribution in [0.5, 0.6) is 0 Å². The van der Waals surface area contributed by atoms with E-state index < -0.39 is 29.6 Å². The van der Waals surface area contributed by atoms with Crippen LogP contribution in [0.3, 0.4) is 0 Å². The zero-order valence-electron chi connectivity index (χ0n) is 10.0. The van der Waals surface area contributed by atoms with Crippen LogP contribution in [0.25, 0.3) is 0 Å². The summed E-state index contributed by atoms with van der Waals surface area (Å²) in [7, 11) is 0. The van der Waals surface area contributed by atoms with Gasteiger partial charge in [0.1, 0.15) is 17.7 Å². The largest absolute Gasteiger partial charge is 0.480 e. The highest BCUT2D eigenvalue weighted by atomic mass is 19.1. The summed E-state index contributed by atoms with van der Waals surface area (Å²) in [5.41, 5.74) is 5.21. The topological polar surface area (TPSA) is 92.4 Å². The summed E-state index contributed by atoms with van der Waals surface area (Å²) in [5.74, 6) is -3.23. The molecule has 0 saturated heterocycles. The van der Waals surface area contributed by atoms with E-state index in [4.69, 9.17) is 10.8 Å². The number of primary amides is 1. The number of hydrogen-bond donors (Lipinski definition) is 3. The van der Waals surface area contributed by atoms with Gasteiger partial charge in [0.05, 0.1) is 0 Å². The lowest BCUT2D eigenvalue weighted by atomic mass is 10.1. The van der Waals surface area contributed by atoms with E-state index >= 15 is 0 Å². The summed E-state index contributed by atoms with van der Waals surface area (Å²) in [4.78, 5) is 21.5. The number of carbonyl (C=O) groups excluding carboxylic acids is 1. The van der Waals surface area contributed by atoms with Crippen molar-refractivity contribution in [1.82, 2.24) is 5.32 Å². The van der Waals surface area contributed by atoms with Gasteiger partial charge in [0, 0.05) is 19.0 Å². The quantitative estimate of drug-likeness (QED) is 0.683. The summed E-state index contributed by atoms with van der Waals surface area (Å²) in [6.07, 6.45) is -0.0655.